The molecule has 0 bridgehead atoms. The van der Waals surface area contributed by atoms with E-state index in [-0.39, 0.29) is 0 Å². The Morgan fingerprint density at radius 3 is 1.84 bits per heavy atom. The predicted octanol–water partition coefficient (Wildman–Crippen LogP) is 12.7. The van der Waals surface area contributed by atoms with Crippen LogP contribution in [0.3, 0.4) is 0 Å². The average molecular weight is 578 g/mol. The highest BCUT2D eigenvalue weighted by atomic mass is 32.1. The summed E-state index contributed by atoms with van der Waals surface area (Å²) in [4.78, 5) is 2.47. The van der Waals surface area contributed by atoms with Crippen LogP contribution >= 0.6 is 11.3 Å². The third-order valence-corrected chi connectivity index (χ3v) is 9.95. The molecule has 0 radical (unpaired) electrons. The van der Waals surface area contributed by atoms with Crippen molar-refractivity contribution in [3.05, 3.63) is 164 Å². The maximum atomic E-state index is 2.47. The van der Waals surface area contributed by atoms with Gasteiger partial charge in [0.1, 0.15) is 0 Å². The number of rotatable bonds is 4. The fourth-order valence-corrected chi connectivity index (χ4v) is 7.87. The van der Waals surface area contributed by atoms with Crippen LogP contribution in [0.25, 0.3) is 63.6 Å². The van der Waals surface area contributed by atoms with Gasteiger partial charge in [0.15, 0.2) is 0 Å². The third kappa shape index (κ3) is 4.00. The minimum Gasteiger partial charge on any atom is -0.309 e. The van der Waals surface area contributed by atoms with Crippen molar-refractivity contribution in [2.45, 2.75) is 0 Å². The summed E-state index contributed by atoms with van der Waals surface area (Å²) in [6, 6.07) is 59.8. The Labute approximate surface area is 259 Å². The van der Waals surface area contributed by atoms with Gasteiger partial charge in [0.2, 0.25) is 0 Å². The number of hydrogen-bond acceptors (Lipinski definition) is 2. The summed E-state index contributed by atoms with van der Waals surface area (Å²) in [5.74, 6) is 0. The molecule has 9 rings (SSSR count). The van der Waals surface area contributed by atoms with Gasteiger partial charge in [-0.25, -0.2) is 0 Å². The van der Waals surface area contributed by atoms with Crippen molar-refractivity contribution in [1.29, 1.82) is 0 Å². The van der Waals surface area contributed by atoms with Gasteiger partial charge in [0.25, 0.3) is 0 Å². The number of nitrogens with zero attached hydrogens (tertiary/aromatic N) is 1. The molecule has 1 aromatic heterocycles. The van der Waals surface area contributed by atoms with Gasteiger partial charge in [-0.1, -0.05) is 121 Å². The van der Waals surface area contributed by atoms with E-state index in [1.807, 2.05) is 11.3 Å². The summed E-state index contributed by atoms with van der Waals surface area (Å²) in [7, 11) is 0. The van der Waals surface area contributed by atoms with Crippen molar-refractivity contribution < 1.29 is 0 Å². The zero-order valence-corrected chi connectivity index (χ0v) is 24.8. The first-order valence-corrected chi connectivity index (χ1v) is 15.8. The molecule has 0 unspecified atom stereocenters. The van der Waals surface area contributed by atoms with E-state index in [1.165, 1.54) is 75.0 Å². The zero-order valence-electron chi connectivity index (χ0n) is 23.9. The van der Waals surface area contributed by atoms with Gasteiger partial charge < -0.3 is 4.90 Å². The van der Waals surface area contributed by atoms with Crippen LogP contribution in [0, 0.1) is 0 Å². The summed E-state index contributed by atoms with van der Waals surface area (Å²) in [6.07, 6.45) is 0. The fraction of sp³-hybridized carbons (Fsp3) is 0. The standard InChI is InChI=1S/C42H27NS/c1-2-11-30-26-31(21-20-28(30)10-1)29-22-24-33(25-23-29)43(38-17-9-19-41-42(38)37-16-7-8-18-40(37)44-41)39-27-32-12-3-4-13-34(32)35-14-5-6-15-36(35)39/h1-27H. The van der Waals surface area contributed by atoms with Crippen LogP contribution in [0.2, 0.25) is 0 Å². The molecule has 44 heavy (non-hydrogen) atoms. The monoisotopic (exact) mass is 577 g/mol. The van der Waals surface area contributed by atoms with Crippen molar-refractivity contribution in [1.82, 2.24) is 0 Å². The summed E-state index contributed by atoms with van der Waals surface area (Å²) < 4.78 is 2.61. The first kappa shape index (κ1) is 25.1. The Bertz CT molecular complexity index is 2500. The molecule has 0 atom stereocenters. The lowest BCUT2D eigenvalue weighted by molar-refractivity contribution is 1.32. The highest BCUT2D eigenvalue weighted by Crippen LogP contribution is 2.47. The largest absolute Gasteiger partial charge is 0.309 e. The molecule has 0 aliphatic carbocycles. The minimum atomic E-state index is 1.14. The van der Waals surface area contributed by atoms with E-state index in [2.05, 4.69) is 169 Å². The normalized spacial score (nSPS) is 11.6. The SMILES string of the molecule is c1ccc2cc(-c3ccc(N(c4cc5ccccc5c5ccccc45)c4cccc5sc6ccccc6c45)cc3)ccc2c1. The molecule has 0 saturated heterocycles. The topological polar surface area (TPSA) is 3.24 Å². The molecule has 0 amide bonds. The van der Waals surface area contributed by atoms with Gasteiger partial charge in [-0.05, 0) is 80.5 Å². The molecular weight excluding hydrogens is 551 g/mol. The van der Waals surface area contributed by atoms with Crippen molar-refractivity contribution in [3.8, 4) is 11.1 Å². The predicted molar refractivity (Wildman–Crippen MR) is 192 cm³/mol. The van der Waals surface area contributed by atoms with E-state index in [4.69, 9.17) is 0 Å². The molecule has 0 fully saturated rings. The Morgan fingerprint density at radius 2 is 1.00 bits per heavy atom. The number of hydrogen-bond donors (Lipinski definition) is 0. The number of anilines is 3. The summed E-state index contributed by atoms with van der Waals surface area (Å²) >= 11 is 1.86. The summed E-state index contributed by atoms with van der Waals surface area (Å²) in [6.45, 7) is 0. The Kier molecular flexibility index (Phi) is 5.75. The molecule has 1 heterocycles. The highest BCUT2D eigenvalue weighted by Gasteiger charge is 2.21. The molecule has 206 valence electrons. The zero-order chi connectivity index (χ0) is 29.0. The van der Waals surface area contributed by atoms with E-state index in [0.717, 1.165) is 5.69 Å². The molecule has 0 aliphatic heterocycles. The molecular formula is C42H27NS. The molecule has 1 nitrogen and oxygen atoms in total. The Hall–Kier alpha value is -5.44. The van der Waals surface area contributed by atoms with Crippen LogP contribution in [-0.4, -0.2) is 0 Å². The average Bonchev–Trinajstić information content (AvgIpc) is 3.48. The molecule has 9 aromatic rings. The molecule has 2 heteroatoms. The number of fused-ring (bicyclic) bond motifs is 7. The van der Waals surface area contributed by atoms with E-state index in [1.54, 1.807) is 0 Å². The van der Waals surface area contributed by atoms with Crippen LogP contribution in [0.4, 0.5) is 17.1 Å². The summed E-state index contributed by atoms with van der Waals surface area (Å²) in [5, 5.41) is 10.1. The van der Waals surface area contributed by atoms with E-state index >= 15 is 0 Å². The van der Waals surface area contributed by atoms with Crippen LogP contribution in [0.1, 0.15) is 0 Å². The second-order valence-corrected chi connectivity index (χ2v) is 12.4. The van der Waals surface area contributed by atoms with Crippen molar-refractivity contribution in [3.63, 3.8) is 0 Å². The van der Waals surface area contributed by atoms with E-state index in [0.29, 0.717) is 0 Å². The van der Waals surface area contributed by atoms with Crippen LogP contribution in [0.5, 0.6) is 0 Å². The second-order valence-electron chi connectivity index (χ2n) is 11.4. The Morgan fingerprint density at radius 1 is 0.364 bits per heavy atom. The van der Waals surface area contributed by atoms with Crippen LogP contribution in [0.15, 0.2) is 164 Å². The van der Waals surface area contributed by atoms with E-state index < -0.39 is 0 Å². The van der Waals surface area contributed by atoms with Gasteiger partial charge in [0.05, 0.1) is 11.4 Å². The third-order valence-electron chi connectivity index (χ3n) is 8.82. The lowest BCUT2D eigenvalue weighted by atomic mass is 9.98. The number of benzene rings is 8. The van der Waals surface area contributed by atoms with Crippen molar-refractivity contribution in [2.24, 2.45) is 0 Å². The summed E-state index contributed by atoms with van der Waals surface area (Å²) in [5.41, 5.74) is 5.95. The highest BCUT2D eigenvalue weighted by molar-refractivity contribution is 7.26. The van der Waals surface area contributed by atoms with Gasteiger partial charge in [-0.15, -0.1) is 11.3 Å². The lowest BCUT2D eigenvalue weighted by Gasteiger charge is -2.28. The molecule has 0 spiro atoms. The van der Waals surface area contributed by atoms with Crippen molar-refractivity contribution in [2.75, 3.05) is 4.90 Å². The number of thiophene rings is 1. The van der Waals surface area contributed by atoms with Gasteiger partial charge in [0, 0.05) is 31.2 Å². The lowest BCUT2D eigenvalue weighted by Crippen LogP contribution is -2.11. The maximum absolute atomic E-state index is 2.47. The van der Waals surface area contributed by atoms with Gasteiger partial charge in [-0.3, -0.25) is 0 Å². The van der Waals surface area contributed by atoms with E-state index in [9.17, 15) is 0 Å². The van der Waals surface area contributed by atoms with Crippen molar-refractivity contribution >= 4 is 80.9 Å². The van der Waals surface area contributed by atoms with Gasteiger partial charge >= 0.3 is 0 Å². The first-order chi connectivity index (χ1) is 21.8. The first-order valence-electron chi connectivity index (χ1n) is 15.0. The molecule has 0 saturated carbocycles. The fourth-order valence-electron chi connectivity index (χ4n) is 6.74. The molecule has 8 aromatic carbocycles. The van der Waals surface area contributed by atoms with Gasteiger partial charge in [-0.2, -0.15) is 0 Å². The maximum Gasteiger partial charge on any atom is 0.0555 e. The molecule has 0 aliphatic rings. The minimum absolute atomic E-state index is 1.14. The Balaban J connectivity index is 1.31. The quantitative estimate of drug-likeness (QED) is 0.188. The van der Waals surface area contributed by atoms with Crippen LogP contribution in [-0.2, 0) is 0 Å². The smallest absolute Gasteiger partial charge is 0.0555 e. The van der Waals surface area contributed by atoms with Crippen LogP contribution < -0.4 is 4.90 Å². The molecule has 0 N–H and O–H groups in total. The second kappa shape index (κ2) is 10.1.